The molecule has 27 heavy (non-hydrogen) atoms. The molecule has 3 aromatic rings. The number of nitrogens with one attached hydrogen (secondary N) is 1. The molecule has 0 aliphatic rings. The monoisotopic (exact) mass is 385 g/mol. The Morgan fingerprint density at radius 1 is 1.15 bits per heavy atom. The number of amides is 1. The van der Waals surface area contributed by atoms with Gasteiger partial charge in [-0.3, -0.25) is 4.79 Å². The number of carbonyl (C=O) groups is 1. The van der Waals surface area contributed by atoms with Crippen LogP contribution in [0.3, 0.4) is 0 Å². The van der Waals surface area contributed by atoms with Gasteiger partial charge in [0.2, 0.25) is 11.1 Å². The Hall–Kier alpha value is -2.87. The van der Waals surface area contributed by atoms with E-state index >= 15 is 0 Å². The molecule has 0 bridgehead atoms. The summed E-state index contributed by atoms with van der Waals surface area (Å²) < 4.78 is 14.3. The highest BCUT2D eigenvalue weighted by Crippen LogP contribution is 2.22. The molecule has 1 aromatic heterocycles. The summed E-state index contributed by atoms with van der Waals surface area (Å²) in [5.41, 5.74) is 2.64. The highest BCUT2D eigenvalue weighted by molar-refractivity contribution is 7.99. The Labute approximate surface area is 161 Å². The summed E-state index contributed by atoms with van der Waals surface area (Å²) in [6.45, 7) is 2.13. The zero-order chi connectivity index (χ0) is 19.2. The third kappa shape index (κ3) is 4.85. The van der Waals surface area contributed by atoms with Gasteiger partial charge < -0.3 is 11.2 Å². The van der Waals surface area contributed by atoms with Crippen LogP contribution in [0.25, 0.3) is 11.4 Å². The number of aromatic nitrogens is 3. The minimum atomic E-state index is -0.337. The maximum atomic E-state index is 13.0. The molecule has 0 saturated carbocycles. The Bertz CT molecular complexity index is 909. The number of benzene rings is 2. The van der Waals surface area contributed by atoms with E-state index in [1.165, 1.54) is 34.1 Å². The fourth-order valence-corrected chi connectivity index (χ4v) is 3.20. The molecule has 0 radical (unpaired) electrons. The number of nitrogens with two attached hydrogens (primary N) is 1. The fraction of sp³-hybridized carbons (Fsp3) is 0.211. The van der Waals surface area contributed by atoms with Crippen molar-refractivity contribution in [3.8, 4) is 11.4 Å². The Morgan fingerprint density at radius 3 is 2.52 bits per heavy atom. The van der Waals surface area contributed by atoms with Gasteiger partial charge in [-0.1, -0.05) is 37.2 Å². The van der Waals surface area contributed by atoms with E-state index in [1.807, 2.05) is 24.3 Å². The first-order valence-corrected chi connectivity index (χ1v) is 9.53. The first-order chi connectivity index (χ1) is 13.1. The second kappa shape index (κ2) is 8.68. The quantitative estimate of drug-likeness (QED) is 0.480. The predicted octanol–water partition coefficient (Wildman–Crippen LogP) is 3.48. The number of aryl methyl sites for hydroxylation is 1. The number of hydrogen-bond acceptors (Lipinski definition) is 5. The fourth-order valence-electron chi connectivity index (χ4n) is 2.54. The number of carbonyl (C=O) groups excluding carboxylic acids is 1. The lowest BCUT2D eigenvalue weighted by molar-refractivity contribution is -0.113. The molecule has 3 rings (SSSR count). The van der Waals surface area contributed by atoms with Crippen molar-refractivity contribution in [2.24, 2.45) is 0 Å². The van der Waals surface area contributed by atoms with E-state index in [4.69, 9.17) is 5.84 Å². The highest BCUT2D eigenvalue weighted by atomic mass is 32.2. The van der Waals surface area contributed by atoms with Gasteiger partial charge in [-0.2, -0.15) is 0 Å². The van der Waals surface area contributed by atoms with E-state index < -0.39 is 0 Å². The molecule has 6 nitrogen and oxygen atoms in total. The Balaban J connectivity index is 1.58. The molecule has 0 aliphatic heterocycles. The van der Waals surface area contributed by atoms with E-state index in [-0.39, 0.29) is 17.5 Å². The SMILES string of the molecule is CCCc1ccc(NC(=O)CSc2nnc(-c3ccc(F)cc3)n2N)cc1. The minimum absolute atomic E-state index is 0.148. The molecule has 8 heteroatoms. The van der Waals surface area contributed by atoms with Crippen LogP contribution in [0.5, 0.6) is 0 Å². The smallest absolute Gasteiger partial charge is 0.234 e. The molecular weight excluding hydrogens is 365 g/mol. The average molecular weight is 385 g/mol. The Morgan fingerprint density at radius 2 is 1.85 bits per heavy atom. The van der Waals surface area contributed by atoms with Crippen LogP contribution in [0, 0.1) is 5.82 Å². The molecule has 2 aromatic carbocycles. The lowest BCUT2D eigenvalue weighted by atomic mass is 10.1. The summed E-state index contributed by atoms with van der Waals surface area (Å²) in [5.74, 6) is 6.06. The van der Waals surface area contributed by atoms with Crippen LogP contribution < -0.4 is 11.2 Å². The van der Waals surface area contributed by atoms with Gasteiger partial charge in [0.1, 0.15) is 5.82 Å². The summed E-state index contributed by atoms with van der Waals surface area (Å²) in [7, 11) is 0. The topological polar surface area (TPSA) is 85.8 Å². The van der Waals surface area contributed by atoms with Gasteiger partial charge >= 0.3 is 0 Å². The van der Waals surface area contributed by atoms with Crippen LogP contribution in [0.2, 0.25) is 0 Å². The molecule has 3 N–H and O–H groups in total. The van der Waals surface area contributed by atoms with Crippen molar-refractivity contribution in [1.82, 2.24) is 14.9 Å². The van der Waals surface area contributed by atoms with E-state index in [0.717, 1.165) is 18.5 Å². The summed E-state index contributed by atoms with van der Waals surface area (Å²) in [5, 5.41) is 11.3. The highest BCUT2D eigenvalue weighted by Gasteiger charge is 2.14. The van der Waals surface area contributed by atoms with Gasteiger partial charge in [-0.25, -0.2) is 9.07 Å². The maximum Gasteiger partial charge on any atom is 0.234 e. The van der Waals surface area contributed by atoms with E-state index in [1.54, 1.807) is 12.1 Å². The van der Waals surface area contributed by atoms with Gasteiger partial charge in [0.15, 0.2) is 5.82 Å². The van der Waals surface area contributed by atoms with Crippen LogP contribution in [0.4, 0.5) is 10.1 Å². The summed E-state index contributed by atoms with van der Waals surface area (Å²) in [4.78, 5) is 12.2. The van der Waals surface area contributed by atoms with Gasteiger partial charge in [-0.05, 0) is 48.4 Å². The molecule has 0 spiro atoms. The minimum Gasteiger partial charge on any atom is -0.335 e. The lowest BCUT2D eigenvalue weighted by Gasteiger charge is -2.06. The van der Waals surface area contributed by atoms with Crippen LogP contribution in [-0.4, -0.2) is 26.5 Å². The van der Waals surface area contributed by atoms with Gasteiger partial charge in [0.05, 0.1) is 5.75 Å². The van der Waals surface area contributed by atoms with Crippen LogP contribution in [0.15, 0.2) is 53.7 Å². The maximum absolute atomic E-state index is 13.0. The summed E-state index contributed by atoms with van der Waals surface area (Å²) >= 11 is 1.18. The van der Waals surface area contributed by atoms with E-state index in [2.05, 4.69) is 22.4 Å². The normalized spacial score (nSPS) is 10.7. The molecule has 1 heterocycles. The second-order valence-corrected chi connectivity index (χ2v) is 6.91. The molecule has 0 unspecified atom stereocenters. The number of halogens is 1. The van der Waals surface area contributed by atoms with Crippen molar-refractivity contribution in [3.63, 3.8) is 0 Å². The number of rotatable bonds is 7. The van der Waals surface area contributed by atoms with Crippen LogP contribution in [0.1, 0.15) is 18.9 Å². The van der Waals surface area contributed by atoms with E-state index in [9.17, 15) is 9.18 Å². The van der Waals surface area contributed by atoms with Crippen molar-refractivity contribution in [2.75, 3.05) is 16.9 Å². The average Bonchev–Trinajstić information content (AvgIpc) is 3.03. The molecule has 0 saturated heterocycles. The van der Waals surface area contributed by atoms with Gasteiger partial charge in [0, 0.05) is 11.3 Å². The predicted molar refractivity (Wildman–Crippen MR) is 105 cm³/mol. The van der Waals surface area contributed by atoms with Gasteiger partial charge in [-0.15, -0.1) is 10.2 Å². The van der Waals surface area contributed by atoms with Crippen molar-refractivity contribution in [3.05, 3.63) is 59.9 Å². The molecule has 0 aliphatic carbocycles. The standard InChI is InChI=1S/C19H20FN5OS/c1-2-3-13-4-10-16(11-5-13)22-17(26)12-27-19-24-23-18(25(19)21)14-6-8-15(20)9-7-14/h4-11H,2-3,12,21H2,1H3,(H,22,26). The van der Waals surface area contributed by atoms with Crippen molar-refractivity contribution in [2.45, 2.75) is 24.9 Å². The molecule has 1 amide bonds. The van der Waals surface area contributed by atoms with Crippen LogP contribution in [-0.2, 0) is 11.2 Å². The molecule has 0 fully saturated rings. The first kappa shape index (κ1) is 18.9. The summed E-state index contributed by atoms with van der Waals surface area (Å²) in [6.07, 6.45) is 2.11. The Kier molecular flexibility index (Phi) is 6.08. The number of nitrogen functional groups attached to an aromatic ring is 1. The molecular formula is C19H20FN5OS. The van der Waals surface area contributed by atoms with Crippen molar-refractivity contribution >= 4 is 23.4 Å². The zero-order valence-electron chi connectivity index (χ0n) is 14.9. The van der Waals surface area contributed by atoms with Crippen molar-refractivity contribution in [1.29, 1.82) is 0 Å². The molecule has 0 atom stereocenters. The van der Waals surface area contributed by atoms with Crippen LogP contribution >= 0.6 is 11.8 Å². The van der Waals surface area contributed by atoms with E-state index in [0.29, 0.717) is 16.5 Å². The number of thioether (sulfide) groups is 1. The largest absolute Gasteiger partial charge is 0.335 e. The zero-order valence-corrected chi connectivity index (χ0v) is 15.7. The first-order valence-electron chi connectivity index (χ1n) is 8.55. The number of nitrogens with zero attached hydrogens (tertiary/aromatic N) is 3. The van der Waals surface area contributed by atoms with Gasteiger partial charge in [0.25, 0.3) is 0 Å². The second-order valence-electron chi connectivity index (χ2n) is 5.97. The number of anilines is 1. The van der Waals surface area contributed by atoms with Crippen molar-refractivity contribution < 1.29 is 9.18 Å². The third-order valence-corrected chi connectivity index (χ3v) is 4.82. The third-order valence-electron chi connectivity index (χ3n) is 3.88. The lowest BCUT2D eigenvalue weighted by Crippen LogP contribution is -2.16. The summed E-state index contributed by atoms with van der Waals surface area (Å²) in [6, 6.07) is 13.6. The molecule has 140 valence electrons. The number of hydrogen-bond donors (Lipinski definition) is 2.